The largest absolute Gasteiger partial charge is 0.444 e. The molecule has 2 rings (SSSR count). The molecule has 0 fully saturated rings. The highest BCUT2D eigenvalue weighted by Crippen LogP contribution is 2.35. The molecule has 2 aromatic rings. The molecule has 3 nitrogen and oxygen atoms in total. The Hall–Kier alpha value is -2.97. The number of anilines is 1. The molecule has 0 saturated carbocycles. The number of carbonyl (C=O) groups is 1. The van der Waals surface area contributed by atoms with Crippen LogP contribution in [0.2, 0.25) is 0 Å². The maximum absolute atomic E-state index is 13.1. The second-order valence-corrected chi connectivity index (χ2v) is 5.36. The summed E-state index contributed by atoms with van der Waals surface area (Å²) in [6.07, 6.45) is -10.6. The van der Waals surface area contributed by atoms with Crippen LogP contribution in [-0.2, 0) is 17.5 Å². The second-order valence-electron chi connectivity index (χ2n) is 5.36. The number of ether oxygens (including phenoxy) is 1. The van der Waals surface area contributed by atoms with E-state index in [1.54, 1.807) is 30.3 Å². The minimum absolute atomic E-state index is 0.0921. The number of hydrogen-bond donors (Lipinski definition) is 1. The summed E-state index contributed by atoms with van der Waals surface area (Å²) in [5.41, 5.74) is -1.58. The van der Waals surface area contributed by atoms with Gasteiger partial charge in [0.05, 0.1) is 5.56 Å². The SMILES string of the molecule is O=C(Nc1ccc(C=CC(F)(F)F)c(C(F)(F)F)c1)OCc1ccccc1. The zero-order valence-electron chi connectivity index (χ0n) is 13.6. The van der Waals surface area contributed by atoms with Crippen LogP contribution < -0.4 is 5.32 Å². The molecule has 0 unspecified atom stereocenters. The van der Waals surface area contributed by atoms with Crippen LogP contribution in [0.5, 0.6) is 0 Å². The molecule has 0 atom stereocenters. The zero-order chi connectivity index (χ0) is 20.1. The summed E-state index contributed by atoms with van der Waals surface area (Å²) in [7, 11) is 0. The Balaban J connectivity index is 2.13. The van der Waals surface area contributed by atoms with Crippen LogP contribution in [0.15, 0.2) is 54.6 Å². The van der Waals surface area contributed by atoms with Crippen LogP contribution in [0.1, 0.15) is 16.7 Å². The first-order chi connectivity index (χ1) is 12.5. The lowest BCUT2D eigenvalue weighted by Gasteiger charge is -2.13. The average Bonchev–Trinajstić information content (AvgIpc) is 2.58. The van der Waals surface area contributed by atoms with Gasteiger partial charge in [0, 0.05) is 11.8 Å². The lowest BCUT2D eigenvalue weighted by Crippen LogP contribution is -2.15. The molecule has 0 saturated heterocycles. The monoisotopic (exact) mass is 389 g/mol. The lowest BCUT2D eigenvalue weighted by molar-refractivity contribution is -0.137. The standard InChI is InChI=1S/C18H13F6NO2/c19-17(20,21)9-8-13-6-7-14(10-15(13)18(22,23)24)25-16(26)27-11-12-4-2-1-3-5-12/h1-10H,11H2,(H,25,26). The molecule has 0 aliphatic carbocycles. The van der Waals surface area contributed by atoms with Crippen LogP contribution in [0.4, 0.5) is 36.8 Å². The van der Waals surface area contributed by atoms with Gasteiger partial charge < -0.3 is 4.74 Å². The molecular weight excluding hydrogens is 376 g/mol. The van der Waals surface area contributed by atoms with E-state index in [0.29, 0.717) is 17.7 Å². The summed E-state index contributed by atoms with van der Waals surface area (Å²) in [5, 5.41) is 2.12. The fourth-order valence-electron chi connectivity index (χ4n) is 2.09. The van der Waals surface area contributed by atoms with E-state index in [0.717, 1.165) is 12.1 Å². The Morgan fingerprint density at radius 2 is 1.67 bits per heavy atom. The highest BCUT2D eigenvalue weighted by atomic mass is 19.4. The molecule has 0 spiro atoms. The van der Waals surface area contributed by atoms with Gasteiger partial charge in [-0.3, -0.25) is 5.32 Å². The van der Waals surface area contributed by atoms with Crippen molar-refractivity contribution in [3.8, 4) is 0 Å². The number of nitrogens with one attached hydrogen (secondary N) is 1. The van der Waals surface area contributed by atoms with Gasteiger partial charge in [-0.2, -0.15) is 26.3 Å². The topological polar surface area (TPSA) is 38.3 Å². The van der Waals surface area contributed by atoms with Crippen molar-refractivity contribution >= 4 is 17.9 Å². The first-order valence-electron chi connectivity index (χ1n) is 7.49. The first-order valence-corrected chi connectivity index (χ1v) is 7.49. The maximum atomic E-state index is 13.1. The van der Waals surface area contributed by atoms with Crippen LogP contribution in [-0.4, -0.2) is 12.3 Å². The molecule has 0 aliphatic rings. The van der Waals surface area contributed by atoms with Crippen LogP contribution >= 0.6 is 0 Å². The van der Waals surface area contributed by atoms with Crippen LogP contribution in [0.25, 0.3) is 6.08 Å². The Labute approximate surface area is 150 Å². The molecular formula is C18H13F6NO2. The van der Waals surface area contributed by atoms with Gasteiger partial charge in [-0.25, -0.2) is 4.79 Å². The molecule has 0 aromatic heterocycles. The fourth-order valence-corrected chi connectivity index (χ4v) is 2.09. The van der Waals surface area contributed by atoms with E-state index in [9.17, 15) is 31.1 Å². The van der Waals surface area contributed by atoms with Crippen molar-refractivity contribution in [3.63, 3.8) is 0 Å². The number of amides is 1. The highest BCUT2D eigenvalue weighted by Gasteiger charge is 2.33. The highest BCUT2D eigenvalue weighted by molar-refractivity contribution is 5.85. The van der Waals surface area contributed by atoms with Crippen molar-refractivity contribution in [1.82, 2.24) is 0 Å². The molecule has 0 heterocycles. The van der Waals surface area contributed by atoms with E-state index in [1.165, 1.54) is 0 Å². The molecule has 144 valence electrons. The number of carbonyl (C=O) groups excluding carboxylic acids is 1. The summed E-state index contributed by atoms with van der Waals surface area (Å²) in [5.74, 6) is 0. The third-order valence-corrected chi connectivity index (χ3v) is 3.27. The summed E-state index contributed by atoms with van der Waals surface area (Å²) in [6.45, 7) is -0.0921. The van der Waals surface area contributed by atoms with Crippen molar-refractivity contribution in [3.05, 3.63) is 71.3 Å². The molecule has 0 aliphatic heterocycles. The fraction of sp³-hybridized carbons (Fsp3) is 0.167. The predicted molar refractivity (Wildman–Crippen MR) is 86.8 cm³/mol. The van der Waals surface area contributed by atoms with Gasteiger partial charge in [0.25, 0.3) is 0 Å². The Morgan fingerprint density at radius 3 is 2.26 bits per heavy atom. The Kier molecular flexibility index (Phi) is 6.14. The van der Waals surface area contributed by atoms with Gasteiger partial charge in [0.1, 0.15) is 6.61 Å². The minimum Gasteiger partial charge on any atom is -0.444 e. The van der Waals surface area contributed by atoms with Crippen molar-refractivity contribution in [2.45, 2.75) is 19.0 Å². The van der Waals surface area contributed by atoms with Gasteiger partial charge in [-0.05, 0) is 29.3 Å². The molecule has 0 bridgehead atoms. The van der Waals surface area contributed by atoms with Crippen molar-refractivity contribution in [2.24, 2.45) is 0 Å². The Bertz CT molecular complexity index is 813. The number of benzene rings is 2. The predicted octanol–water partition coefficient (Wildman–Crippen LogP) is 6.03. The quantitative estimate of drug-likeness (QED) is 0.649. The second kappa shape index (κ2) is 8.15. The minimum atomic E-state index is -4.91. The van der Waals surface area contributed by atoms with Crippen LogP contribution in [0, 0.1) is 0 Å². The summed E-state index contributed by atoms with van der Waals surface area (Å²) in [6, 6.07) is 11.0. The third kappa shape index (κ3) is 6.69. The number of halogens is 6. The molecule has 2 aromatic carbocycles. The number of hydrogen-bond acceptors (Lipinski definition) is 2. The first kappa shape index (κ1) is 20.3. The molecule has 1 N–H and O–H groups in total. The lowest BCUT2D eigenvalue weighted by atomic mass is 10.1. The van der Waals surface area contributed by atoms with Gasteiger partial charge in [0.2, 0.25) is 0 Å². The number of alkyl halides is 6. The van der Waals surface area contributed by atoms with Crippen molar-refractivity contribution in [1.29, 1.82) is 0 Å². The van der Waals surface area contributed by atoms with E-state index in [-0.39, 0.29) is 18.4 Å². The number of rotatable bonds is 4. The van der Waals surface area contributed by atoms with E-state index in [2.05, 4.69) is 5.32 Å². The molecule has 1 amide bonds. The van der Waals surface area contributed by atoms with E-state index < -0.39 is 29.6 Å². The van der Waals surface area contributed by atoms with E-state index in [4.69, 9.17) is 4.74 Å². The molecule has 9 heteroatoms. The van der Waals surface area contributed by atoms with E-state index in [1.807, 2.05) is 0 Å². The van der Waals surface area contributed by atoms with Crippen molar-refractivity contribution in [2.75, 3.05) is 5.32 Å². The maximum Gasteiger partial charge on any atom is 0.417 e. The average molecular weight is 389 g/mol. The van der Waals surface area contributed by atoms with Crippen LogP contribution in [0.3, 0.4) is 0 Å². The summed E-state index contributed by atoms with van der Waals surface area (Å²) >= 11 is 0. The van der Waals surface area contributed by atoms with Gasteiger partial charge >= 0.3 is 18.4 Å². The smallest absolute Gasteiger partial charge is 0.417 e. The van der Waals surface area contributed by atoms with Gasteiger partial charge in [-0.1, -0.05) is 36.4 Å². The summed E-state index contributed by atoms with van der Waals surface area (Å²) in [4.78, 5) is 11.7. The van der Waals surface area contributed by atoms with Crippen molar-refractivity contribution < 1.29 is 35.9 Å². The van der Waals surface area contributed by atoms with Gasteiger partial charge in [-0.15, -0.1) is 0 Å². The summed E-state index contributed by atoms with van der Waals surface area (Å²) < 4.78 is 80.8. The molecule has 0 radical (unpaired) electrons. The third-order valence-electron chi connectivity index (χ3n) is 3.27. The van der Waals surface area contributed by atoms with E-state index >= 15 is 0 Å². The van der Waals surface area contributed by atoms with Gasteiger partial charge in [0.15, 0.2) is 0 Å². The molecule has 27 heavy (non-hydrogen) atoms. The number of allylic oxidation sites excluding steroid dienone is 1. The normalized spacial score (nSPS) is 12.2. The zero-order valence-corrected chi connectivity index (χ0v) is 13.6. The Morgan fingerprint density at radius 1 is 1.00 bits per heavy atom.